The van der Waals surface area contributed by atoms with Crippen LogP contribution in [0.2, 0.25) is 10.0 Å². The van der Waals surface area contributed by atoms with Crippen LogP contribution in [0.5, 0.6) is 0 Å². The lowest BCUT2D eigenvalue weighted by atomic mass is 10.1. The Hall–Kier alpha value is -1.77. The van der Waals surface area contributed by atoms with Gasteiger partial charge in [-0.3, -0.25) is 4.79 Å². The minimum Gasteiger partial charge on any atom is -0.353 e. The first kappa shape index (κ1) is 17.6. The van der Waals surface area contributed by atoms with Gasteiger partial charge in [-0.25, -0.2) is 0 Å². The van der Waals surface area contributed by atoms with Crippen molar-refractivity contribution in [3.8, 4) is 0 Å². The van der Waals surface area contributed by atoms with E-state index in [9.17, 15) is 4.79 Å². The highest BCUT2D eigenvalue weighted by atomic mass is 35.5. The van der Waals surface area contributed by atoms with Crippen molar-refractivity contribution in [2.24, 2.45) is 0 Å². The minimum atomic E-state index is -0.138. The van der Waals surface area contributed by atoms with E-state index in [1.165, 1.54) is 11.6 Å². The summed E-state index contributed by atoms with van der Waals surface area (Å²) < 4.78 is 0. The fourth-order valence-corrected chi connectivity index (χ4v) is 2.72. The molecule has 0 saturated carbocycles. The van der Waals surface area contributed by atoms with Gasteiger partial charge in [-0.1, -0.05) is 59.6 Å². The lowest BCUT2D eigenvalue weighted by molar-refractivity contribution is -0.116. The van der Waals surface area contributed by atoms with E-state index in [1.54, 1.807) is 24.3 Å². The Morgan fingerprint density at radius 3 is 2.35 bits per heavy atom. The second-order valence-electron chi connectivity index (χ2n) is 5.20. The summed E-state index contributed by atoms with van der Waals surface area (Å²) in [7, 11) is 0. The van der Waals surface area contributed by atoms with Crippen LogP contribution < -0.4 is 5.32 Å². The maximum atomic E-state index is 11.8. The lowest BCUT2D eigenvalue weighted by Crippen LogP contribution is -2.22. The van der Waals surface area contributed by atoms with Crippen molar-refractivity contribution >= 4 is 35.2 Å². The Labute approximate surface area is 147 Å². The third-order valence-electron chi connectivity index (χ3n) is 3.44. The zero-order valence-electron chi connectivity index (χ0n) is 12.8. The summed E-state index contributed by atoms with van der Waals surface area (Å²) in [4.78, 5) is 11.8. The maximum absolute atomic E-state index is 11.8. The Morgan fingerprint density at radius 1 is 0.957 bits per heavy atom. The fraction of sp³-hybridized carbons (Fsp3) is 0.211. The molecule has 120 valence electrons. The Morgan fingerprint density at radius 2 is 1.65 bits per heavy atom. The Kier molecular flexibility index (Phi) is 7.18. The van der Waals surface area contributed by atoms with Crippen LogP contribution >= 0.6 is 23.2 Å². The van der Waals surface area contributed by atoms with Crippen molar-refractivity contribution in [1.29, 1.82) is 0 Å². The van der Waals surface area contributed by atoms with Gasteiger partial charge < -0.3 is 5.32 Å². The second kappa shape index (κ2) is 9.39. The molecule has 0 aliphatic rings. The summed E-state index contributed by atoms with van der Waals surface area (Å²) in [5.74, 6) is -0.138. The highest BCUT2D eigenvalue weighted by Crippen LogP contribution is 2.25. The van der Waals surface area contributed by atoms with Crippen LogP contribution in [0.4, 0.5) is 0 Å². The van der Waals surface area contributed by atoms with Gasteiger partial charge in [-0.2, -0.15) is 0 Å². The highest BCUT2D eigenvalue weighted by molar-refractivity contribution is 6.37. The maximum Gasteiger partial charge on any atom is 0.244 e. The molecule has 0 fully saturated rings. The average molecular weight is 348 g/mol. The summed E-state index contributed by atoms with van der Waals surface area (Å²) in [6, 6.07) is 15.6. The van der Waals surface area contributed by atoms with E-state index in [4.69, 9.17) is 23.2 Å². The first-order chi connectivity index (χ1) is 11.2. The molecule has 2 nitrogen and oxygen atoms in total. The van der Waals surface area contributed by atoms with Crippen LogP contribution in [0.1, 0.15) is 24.0 Å². The number of rotatable bonds is 7. The summed E-state index contributed by atoms with van der Waals surface area (Å²) in [5.41, 5.74) is 1.99. The molecule has 0 aliphatic heterocycles. The zero-order chi connectivity index (χ0) is 16.5. The second-order valence-corrected chi connectivity index (χ2v) is 6.02. The Balaban J connectivity index is 1.70. The Bertz CT molecular complexity index is 648. The molecular weight excluding hydrogens is 329 g/mol. The molecule has 0 atom stereocenters. The van der Waals surface area contributed by atoms with Gasteiger partial charge in [0.25, 0.3) is 0 Å². The van der Waals surface area contributed by atoms with Gasteiger partial charge in [0.2, 0.25) is 5.91 Å². The standard InChI is InChI=1S/C19H19Cl2NO/c20-17-10-6-11-18(21)16(17)12-13-19(23)22-14-5-4-9-15-7-2-1-3-8-15/h1-3,6-8,10-13H,4-5,9,14H2,(H,22,23)/b13-12+. The predicted octanol–water partition coefficient (Wildman–Crippen LogP) is 5.15. The van der Waals surface area contributed by atoms with Gasteiger partial charge in [-0.15, -0.1) is 0 Å². The molecule has 0 aromatic heterocycles. The third kappa shape index (κ3) is 6.09. The number of carbonyl (C=O) groups is 1. The molecule has 23 heavy (non-hydrogen) atoms. The van der Waals surface area contributed by atoms with Gasteiger partial charge in [0, 0.05) is 28.2 Å². The molecule has 2 rings (SSSR count). The normalized spacial score (nSPS) is 10.9. The van der Waals surface area contributed by atoms with E-state index >= 15 is 0 Å². The number of benzene rings is 2. The van der Waals surface area contributed by atoms with E-state index < -0.39 is 0 Å². The van der Waals surface area contributed by atoms with Crippen LogP contribution in [0.25, 0.3) is 6.08 Å². The van der Waals surface area contributed by atoms with Crippen molar-refractivity contribution in [1.82, 2.24) is 5.32 Å². The van der Waals surface area contributed by atoms with Gasteiger partial charge in [0.05, 0.1) is 0 Å². The monoisotopic (exact) mass is 347 g/mol. The van der Waals surface area contributed by atoms with E-state index in [-0.39, 0.29) is 5.91 Å². The highest BCUT2D eigenvalue weighted by Gasteiger charge is 2.02. The summed E-state index contributed by atoms with van der Waals surface area (Å²) in [6.45, 7) is 0.659. The third-order valence-corrected chi connectivity index (χ3v) is 4.09. The molecule has 0 unspecified atom stereocenters. The number of amides is 1. The van der Waals surface area contributed by atoms with Crippen molar-refractivity contribution in [2.45, 2.75) is 19.3 Å². The van der Waals surface area contributed by atoms with Crippen molar-refractivity contribution in [3.05, 3.63) is 75.8 Å². The van der Waals surface area contributed by atoms with E-state index in [1.807, 2.05) is 18.2 Å². The SMILES string of the molecule is O=C(/C=C/c1c(Cl)cccc1Cl)NCCCCc1ccccc1. The quantitative estimate of drug-likeness (QED) is 0.544. The van der Waals surface area contributed by atoms with Crippen LogP contribution in [-0.2, 0) is 11.2 Å². The van der Waals surface area contributed by atoms with E-state index in [0.717, 1.165) is 19.3 Å². The molecule has 2 aromatic carbocycles. The minimum absolute atomic E-state index is 0.138. The smallest absolute Gasteiger partial charge is 0.244 e. The molecule has 0 aliphatic carbocycles. The van der Waals surface area contributed by atoms with E-state index in [0.29, 0.717) is 22.2 Å². The van der Waals surface area contributed by atoms with E-state index in [2.05, 4.69) is 17.4 Å². The van der Waals surface area contributed by atoms with Crippen molar-refractivity contribution in [3.63, 3.8) is 0 Å². The number of unbranched alkanes of at least 4 members (excludes halogenated alkanes) is 1. The number of aryl methyl sites for hydroxylation is 1. The summed E-state index contributed by atoms with van der Waals surface area (Å²) in [5, 5.41) is 3.93. The number of hydrogen-bond donors (Lipinski definition) is 1. The van der Waals surface area contributed by atoms with Crippen molar-refractivity contribution in [2.75, 3.05) is 6.54 Å². The molecule has 0 radical (unpaired) electrons. The van der Waals surface area contributed by atoms with Crippen molar-refractivity contribution < 1.29 is 4.79 Å². The number of halogens is 2. The summed E-state index contributed by atoms with van der Waals surface area (Å²) >= 11 is 12.1. The molecule has 0 heterocycles. The van der Waals surface area contributed by atoms with Gasteiger partial charge >= 0.3 is 0 Å². The first-order valence-corrected chi connectivity index (χ1v) is 8.36. The largest absolute Gasteiger partial charge is 0.353 e. The zero-order valence-corrected chi connectivity index (χ0v) is 14.3. The first-order valence-electron chi connectivity index (χ1n) is 7.60. The number of nitrogens with one attached hydrogen (secondary N) is 1. The van der Waals surface area contributed by atoms with Crippen LogP contribution in [0, 0.1) is 0 Å². The van der Waals surface area contributed by atoms with Crippen LogP contribution in [0.15, 0.2) is 54.6 Å². The average Bonchev–Trinajstić information content (AvgIpc) is 2.55. The molecule has 0 bridgehead atoms. The molecule has 2 aromatic rings. The molecule has 1 N–H and O–H groups in total. The summed E-state index contributed by atoms with van der Waals surface area (Å²) in [6.07, 6.45) is 6.13. The van der Waals surface area contributed by atoms with Crippen LogP contribution in [0.3, 0.4) is 0 Å². The fourth-order valence-electron chi connectivity index (χ4n) is 2.20. The molecule has 0 saturated heterocycles. The number of carbonyl (C=O) groups excluding carboxylic acids is 1. The number of hydrogen-bond acceptors (Lipinski definition) is 1. The van der Waals surface area contributed by atoms with Gasteiger partial charge in [0.1, 0.15) is 0 Å². The molecular formula is C19H19Cl2NO. The van der Waals surface area contributed by atoms with Gasteiger partial charge in [-0.05, 0) is 43.0 Å². The molecule has 0 spiro atoms. The lowest BCUT2D eigenvalue weighted by Gasteiger charge is -2.04. The predicted molar refractivity (Wildman–Crippen MR) is 97.9 cm³/mol. The van der Waals surface area contributed by atoms with Gasteiger partial charge in [0.15, 0.2) is 0 Å². The molecule has 1 amide bonds. The van der Waals surface area contributed by atoms with Crippen LogP contribution in [-0.4, -0.2) is 12.5 Å². The molecule has 4 heteroatoms. The topological polar surface area (TPSA) is 29.1 Å².